The van der Waals surface area contributed by atoms with Gasteiger partial charge in [0, 0.05) is 19.2 Å². The molecule has 0 bridgehead atoms. The molecule has 0 amide bonds. The summed E-state index contributed by atoms with van der Waals surface area (Å²) in [5.74, 6) is 0. The van der Waals surface area contributed by atoms with Crippen LogP contribution in [0.4, 0.5) is 0 Å². The number of hydrogen-bond acceptors (Lipinski definition) is 3. The van der Waals surface area contributed by atoms with Gasteiger partial charge in [-0.1, -0.05) is 6.42 Å². The van der Waals surface area contributed by atoms with E-state index in [0.717, 1.165) is 13.0 Å². The second kappa shape index (κ2) is 5.48. The zero-order chi connectivity index (χ0) is 11.4. The third-order valence-corrected chi connectivity index (χ3v) is 4.52. The highest BCUT2D eigenvalue weighted by Gasteiger charge is 2.40. The quantitative estimate of drug-likeness (QED) is 0.797. The van der Waals surface area contributed by atoms with Crippen LogP contribution in [0.3, 0.4) is 0 Å². The normalized spacial score (nSPS) is 37.5. The van der Waals surface area contributed by atoms with Gasteiger partial charge in [0.1, 0.15) is 0 Å². The fourth-order valence-electron chi connectivity index (χ4n) is 3.46. The van der Waals surface area contributed by atoms with E-state index in [2.05, 4.69) is 4.90 Å². The maximum Gasteiger partial charge on any atom is 0.0589 e. The molecule has 0 aromatic carbocycles. The molecule has 1 saturated heterocycles. The predicted octanol–water partition coefficient (Wildman–Crippen LogP) is 1.76. The van der Waals surface area contributed by atoms with Crippen LogP contribution in [0.15, 0.2) is 0 Å². The number of nitrogens with two attached hydrogens (primary N) is 1. The Morgan fingerprint density at radius 1 is 1.25 bits per heavy atom. The third-order valence-electron chi connectivity index (χ3n) is 4.52. The van der Waals surface area contributed by atoms with Crippen molar-refractivity contribution in [1.29, 1.82) is 0 Å². The van der Waals surface area contributed by atoms with Crippen molar-refractivity contribution in [3.8, 4) is 0 Å². The van der Waals surface area contributed by atoms with Crippen molar-refractivity contribution in [2.75, 3.05) is 26.7 Å². The zero-order valence-corrected chi connectivity index (χ0v) is 10.6. The Kier molecular flexibility index (Phi) is 4.22. The summed E-state index contributed by atoms with van der Waals surface area (Å²) in [6, 6.07) is 0. The first-order valence-corrected chi connectivity index (χ1v) is 6.79. The highest BCUT2D eigenvalue weighted by Crippen LogP contribution is 2.35. The highest BCUT2D eigenvalue weighted by atomic mass is 16.5. The van der Waals surface area contributed by atoms with Crippen molar-refractivity contribution in [2.45, 2.75) is 56.6 Å². The Morgan fingerprint density at radius 2 is 2.00 bits per heavy atom. The zero-order valence-electron chi connectivity index (χ0n) is 10.6. The molecule has 1 aliphatic heterocycles. The number of methoxy groups -OCH3 is 1. The van der Waals surface area contributed by atoms with Gasteiger partial charge in [-0.3, -0.25) is 4.90 Å². The second-order valence-corrected chi connectivity index (χ2v) is 5.43. The van der Waals surface area contributed by atoms with Gasteiger partial charge in [-0.05, 0) is 51.6 Å². The molecule has 2 aliphatic rings. The Bertz CT molecular complexity index is 216. The third kappa shape index (κ3) is 2.41. The molecule has 2 atom stereocenters. The number of piperidine rings is 1. The summed E-state index contributed by atoms with van der Waals surface area (Å²) in [7, 11) is 1.84. The number of nitrogens with zero attached hydrogens (tertiary/aromatic N) is 1. The fourth-order valence-corrected chi connectivity index (χ4v) is 3.46. The summed E-state index contributed by atoms with van der Waals surface area (Å²) in [5.41, 5.74) is 6.34. The van der Waals surface area contributed by atoms with Gasteiger partial charge < -0.3 is 10.5 Å². The molecular formula is C13H26N2O. The van der Waals surface area contributed by atoms with Crippen LogP contribution in [0.2, 0.25) is 0 Å². The largest absolute Gasteiger partial charge is 0.381 e. The van der Waals surface area contributed by atoms with E-state index >= 15 is 0 Å². The molecule has 94 valence electrons. The summed E-state index contributed by atoms with van der Waals surface area (Å²) >= 11 is 0. The molecule has 2 N–H and O–H groups in total. The van der Waals surface area contributed by atoms with E-state index in [1.54, 1.807) is 0 Å². The molecule has 2 fully saturated rings. The summed E-state index contributed by atoms with van der Waals surface area (Å²) in [6.07, 6.45) is 9.41. The van der Waals surface area contributed by atoms with Crippen LogP contribution in [-0.4, -0.2) is 43.3 Å². The van der Waals surface area contributed by atoms with Gasteiger partial charge in [0.15, 0.2) is 0 Å². The van der Waals surface area contributed by atoms with Gasteiger partial charge in [0.05, 0.1) is 6.10 Å². The first-order chi connectivity index (χ1) is 7.80. The minimum atomic E-state index is 0.249. The van der Waals surface area contributed by atoms with E-state index in [1.165, 1.54) is 51.6 Å². The van der Waals surface area contributed by atoms with Crippen molar-refractivity contribution in [3.63, 3.8) is 0 Å². The lowest BCUT2D eigenvalue weighted by molar-refractivity contribution is -0.0288. The lowest BCUT2D eigenvalue weighted by atomic mass is 9.78. The first-order valence-electron chi connectivity index (χ1n) is 6.79. The fraction of sp³-hybridized carbons (Fsp3) is 1.00. The smallest absolute Gasteiger partial charge is 0.0589 e. The molecule has 3 nitrogen and oxygen atoms in total. The Balaban J connectivity index is 2.04. The number of rotatable bonds is 3. The summed E-state index contributed by atoms with van der Waals surface area (Å²) in [4.78, 5) is 2.65. The second-order valence-electron chi connectivity index (χ2n) is 5.43. The maximum absolute atomic E-state index is 6.09. The lowest BCUT2D eigenvalue weighted by Crippen LogP contribution is -2.58. The van der Waals surface area contributed by atoms with Gasteiger partial charge in [0.2, 0.25) is 0 Å². The lowest BCUT2D eigenvalue weighted by Gasteiger charge is -2.49. The van der Waals surface area contributed by atoms with Crippen LogP contribution < -0.4 is 5.73 Å². The van der Waals surface area contributed by atoms with Crippen LogP contribution >= 0.6 is 0 Å². The molecule has 1 saturated carbocycles. The first kappa shape index (κ1) is 12.3. The van der Waals surface area contributed by atoms with E-state index in [0.29, 0.717) is 6.10 Å². The van der Waals surface area contributed by atoms with E-state index in [4.69, 9.17) is 10.5 Å². The molecule has 1 aliphatic carbocycles. The standard InChI is InChI=1S/C13H26N2O/c1-16-12-6-5-7-13(10-12,11-14)15-8-3-2-4-9-15/h12H,2-11,14H2,1H3. The van der Waals surface area contributed by atoms with Crippen LogP contribution in [-0.2, 0) is 4.74 Å². The average Bonchev–Trinajstić information content (AvgIpc) is 2.39. The molecular weight excluding hydrogens is 200 g/mol. The number of likely N-dealkylation sites (tertiary alicyclic amines) is 1. The Morgan fingerprint density at radius 3 is 2.62 bits per heavy atom. The van der Waals surface area contributed by atoms with Gasteiger partial charge in [-0.25, -0.2) is 0 Å². The van der Waals surface area contributed by atoms with Crippen molar-refractivity contribution in [1.82, 2.24) is 4.90 Å². The van der Waals surface area contributed by atoms with E-state index in [1.807, 2.05) is 7.11 Å². The SMILES string of the molecule is COC1CCCC(CN)(N2CCCCC2)C1. The van der Waals surface area contributed by atoms with Crippen molar-refractivity contribution >= 4 is 0 Å². The maximum atomic E-state index is 6.09. The molecule has 0 spiro atoms. The Labute approximate surface area is 99.3 Å². The van der Waals surface area contributed by atoms with Gasteiger partial charge in [-0.15, -0.1) is 0 Å². The molecule has 0 aromatic rings. The summed E-state index contributed by atoms with van der Waals surface area (Å²) in [6.45, 7) is 3.29. The van der Waals surface area contributed by atoms with E-state index in [-0.39, 0.29) is 5.54 Å². The minimum Gasteiger partial charge on any atom is -0.381 e. The van der Waals surface area contributed by atoms with Gasteiger partial charge >= 0.3 is 0 Å². The van der Waals surface area contributed by atoms with Crippen LogP contribution in [0.1, 0.15) is 44.9 Å². The van der Waals surface area contributed by atoms with Gasteiger partial charge in [0.25, 0.3) is 0 Å². The Hall–Kier alpha value is -0.120. The number of hydrogen-bond donors (Lipinski definition) is 1. The van der Waals surface area contributed by atoms with Crippen LogP contribution in [0.25, 0.3) is 0 Å². The van der Waals surface area contributed by atoms with E-state index < -0.39 is 0 Å². The topological polar surface area (TPSA) is 38.5 Å². The molecule has 0 aromatic heterocycles. The van der Waals surface area contributed by atoms with Crippen LogP contribution in [0, 0.1) is 0 Å². The molecule has 2 unspecified atom stereocenters. The number of ether oxygens (including phenoxy) is 1. The minimum absolute atomic E-state index is 0.249. The summed E-state index contributed by atoms with van der Waals surface area (Å²) < 4.78 is 5.56. The molecule has 1 heterocycles. The molecule has 2 rings (SSSR count). The van der Waals surface area contributed by atoms with Gasteiger partial charge in [-0.2, -0.15) is 0 Å². The molecule has 3 heteroatoms. The van der Waals surface area contributed by atoms with Crippen molar-refractivity contribution in [3.05, 3.63) is 0 Å². The van der Waals surface area contributed by atoms with Crippen LogP contribution in [0.5, 0.6) is 0 Å². The summed E-state index contributed by atoms with van der Waals surface area (Å²) in [5, 5.41) is 0. The molecule has 0 radical (unpaired) electrons. The molecule has 16 heavy (non-hydrogen) atoms. The predicted molar refractivity (Wildman–Crippen MR) is 66.5 cm³/mol. The monoisotopic (exact) mass is 226 g/mol. The average molecular weight is 226 g/mol. The van der Waals surface area contributed by atoms with E-state index in [9.17, 15) is 0 Å². The van der Waals surface area contributed by atoms with Crippen molar-refractivity contribution in [2.24, 2.45) is 5.73 Å². The highest BCUT2D eigenvalue weighted by molar-refractivity contribution is 4.97. The van der Waals surface area contributed by atoms with Crippen molar-refractivity contribution < 1.29 is 4.74 Å².